The molecule has 0 saturated heterocycles. The summed E-state index contributed by atoms with van der Waals surface area (Å²) in [6.45, 7) is 6.81. The molecule has 0 radical (unpaired) electrons. The number of ketones is 1. The first-order chi connectivity index (χ1) is 8.66. The van der Waals surface area contributed by atoms with Gasteiger partial charge in [-0.05, 0) is 31.6 Å². The van der Waals surface area contributed by atoms with Crippen molar-refractivity contribution >= 4 is 5.78 Å². The molecule has 2 heteroatoms. The highest BCUT2D eigenvalue weighted by molar-refractivity contribution is 5.81. The Morgan fingerprint density at radius 3 is 2.39 bits per heavy atom. The van der Waals surface area contributed by atoms with E-state index in [9.17, 15) is 4.79 Å². The van der Waals surface area contributed by atoms with Gasteiger partial charge < -0.3 is 0 Å². The summed E-state index contributed by atoms with van der Waals surface area (Å²) < 4.78 is 0. The third-order valence-corrected chi connectivity index (χ3v) is 4.58. The molecule has 0 heterocycles. The lowest BCUT2D eigenvalue weighted by atomic mass is 9.87. The van der Waals surface area contributed by atoms with E-state index in [0.29, 0.717) is 17.6 Å². The maximum absolute atomic E-state index is 12.0. The van der Waals surface area contributed by atoms with E-state index < -0.39 is 0 Å². The van der Waals surface area contributed by atoms with Crippen molar-refractivity contribution in [1.29, 1.82) is 0 Å². The molecule has 1 atom stereocenters. The quantitative estimate of drug-likeness (QED) is 0.743. The molecule has 104 valence electrons. The van der Waals surface area contributed by atoms with E-state index in [4.69, 9.17) is 0 Å². The highest BCUT2D eigenvalue weighted by atomic mass is 16.1. The number of carbonyl (C=O) groups excluding carboxylic acids is 1. The number of hydrogen-bond donors (Lipinski definition) is 0. The predicted molar refractivity (Wildman–Crippen MR) is 75.6 cm³/mol. The molecule has 2 saturated carbocycles. The topological polar surface area (TPSA) is 20.3 Å². The molecule has 2 nitrogen and oxygen atoms in total. The van der Waals surface area contributed by atoms with Crippen LogP contribution in [0.5, 0.6) is 0 Å². The highest BCUT2D eigenvalue weighted by Crippen LogP contribution is 2.28. The number of carbonyl (C=O) groups is 1. The van der Waals surface area contributed by atoms with E-state index in [2.05, 4.69) is 18.7 Å². The lowest BCUT2D eigenvalue weighted by Crippen LogP contribution is -2.42. The van der Waals surface area contributed by atoms with Crippen LogP contribution in [0.4, 0.5) is 0 Å². The maximum Gasteiger partial charge on any atom is 0.137 e. The Morgan fingerprint density at radius 1 is 1.11 bits per heavy atom. The normalized spacial score (nSPS) is 26.4. The van der Waals surface area contributed by atoms with Gasteiger partial charge in [-0.15, -0.1) is 0 Å². The molecule has 0 aliphatic heterocycles. The fourth-order valence-electron chi connectivity index (χ4n) is 3.64. The summed E-state index contributed by atoms with van der Waals surface area (Å²) >= 11 is 0. The Hall–Kier alpha value is -0.370. The number of rotatable bonds is 5. The highest BCUT2D eigenvalue weighted by Gasteiger charge is 2.29. The van der Waals surface area contributed by atoms with E-state index in [0.717, 1.165) is 31.8 Å². The average Bonchev–Trinajstić information content (AvgIpc) is 2.84. The van der Waals surface area contributed by atoms with Crippen LogP contribution in [0.1, 0.15) is 65.2 Å². The number of nitrogens with zero attached hydrogens (tertiary/aromatic N) is 1. The lowest BCUT2D eigenvalue weighted by Gasteiger charge is -2.34. The largest absolute Gasteiger partial charge is 0.299 e. The van der Waals surface area contributed by atoms with E-state index in [1.807, 2.05) is 0 Å². The van der Waals surface area contributed by atoms with Crippen molar-refractivity contribution < 1.29 is 4.79 Å². The number of hydrogen-bond acceptors (Lipinski definition) is 2. The van der Waals surface area contributed by atoms with Gasteiger partial charge >= 0.3 is 0 Å². The Balaban J connectivity index is 1.92. The average molecular weight is 251 g/mol. The second-order valence-corrected chi connectivity index (χ2v) is 6.70. The van der Waals surface area contributed by atoms with E-state index in [1.54, 1.807) is 0 Å². The fourth-order valence-corrected chi connectivity index (χ4v) is 3.64. The van der Waals surface area contributed by atoms with Gasteiger partial charge in [0.25, 0.3) is 0 Å². The molecule has 2 fully saturated rings. The van der Waals surface area contributed by atoms with Crippen molar-refractivity contribution in [2.45, 2.75) is 71.3 Å². The molecule has 0 amide bonds. The molecule has 0 aromatic rings. The SMILES string of the molecule is CC(C)CN(CC1CCCCC1=O)C1CCCC1. The van der Waals surface area contributed by atoms with Crippen LogP contribution in [0.15, 0.2) is 0 Å². The van der Waals surface area contributed by atoms with Gasteiger partial charge in [-0.2, -0.15) is 0 Å². The monoisotopic (exact) mass is 251 g/mol. The molecular formula is C16H29NO. The van der Waals surface area contributed by atoms with Gasteiger partial charge in [0.1, 0.15) is 5.78 Å². The molecule has 18 heavy (non-hydrogen) atoms. The summed E-state index contributed by atoms with van der Waals surface area (Å²) in [6, 6.07) is 0.766. The molecule has 0 spiro atoms. The van der Waals surface area contributed by atoms with Crippen molar-refractivity contribution in [2.75, 3.05) is 13.1 Å². The van der Waals surface area contributed by atoms with Gasteiger partial charge in [0, 0.05) is 31.5 Å². The van der Waals surface area contributed by atoms with Crippen LogP contribution in [0.2, 0.25) is 0 Å². The second kappa shape index (κ2) is 6.70. The first-order valence-corrected chi connectivity index (χ1v) is 7.93. The Kier molecular flexibility index (Phi) is 5.23. The van der Waals surface area contributed by atoms with Crippen molar-refractivity contribution in [3.8, 4) is 0 Å². The van der Waals surface area contributed by atoms with Crippen molar-refractivity contribution in [2.24, 2.45) is 11.8 Å². The Bertz CT molecular complexity index is 268. The molecule has 1 unspecified atom stereocenters. The number of Topliss-reactive ketones (excluding diaryl/α,β-unsaturated/α-hetero) is 1. The minimum Gasteiger partial charge on any atom is -0.299 e. The first-order valence-electron chi connectivity index (χ1n) is 7.93. The van der Waals surface area contributed by atoms with Gasteiger partial charge in [0.05, 0.1) is 0 Å². The predicted octanol–water partition coefficient (Wildman–Crippen LogP) is 3.65. The summed E-state index contributed by atoms with van der Waals surface area (Å²) in [7, 11) is 0. The summed E-state index contributed by atoms with van der Waals surface area (Å²) in [5.41, 5.74) is 0. The van der Waals surface area contributed by atoms with Crippen LogP contribution < -0.4 is 0 Å². The Morgan fingerprint density at radius 2 is 1.78 bits per heavy atom. The fraction of sp³-hybridized carbons (Fsp3) is 0.938. The van der Waals surface area contributed by atoms with E-state index >= 15 is 0 Å². The van der Waals surface area contributed by atoms with Crippen molar-refractivity contribution in [3.05, 3.63) is 0 Å². The first kappa shape index (κ1) is 14.0. The Labute approximate surface area is 112 Å². The second-order valence-electron chi connectivity index (χ2n) is 6.70. The van der Waals surface area contributed by atoms with Crippen molar-refractivity contribution in [3.63, 3.8) is 0 Å². The zero-order valence-corrected chi connectivity index (χ0v) is 12.2. The molecule has 0 aromatic heterocycles. The lowest BCUT2D eigenvalue weighted by molar-refractivity contribution is -0.125. The zero-order valence-electron chi connectivity index (χ0n) is 12.2. The molecular weight excluding hydrogens is 222 g/mol. The van der Waals surface area contributed by atoms with Gasteiger partial charge in [0.2, 0.25) is 0 Å². The minimum absolute atomic E-state index is 0.345. The molecule has 0 N–H and O–H groups in total. The van der Waals surface area contributed by atoms with Crippen LogP contribution in [-0.4, -0.2) is 29.8 Å². The molecule has 0 bridgehead atoms. The van der Waals surface area contributed by atoms with Crippen LogP contribution in [0, 0.1) is 11.8 Å². The van der Waals surface area contributed by atoms with Crippen molar-refractivity contribution in [1.82, 2.24) is 4.90 Å². The third-order valence-electron chi connectivity index (χ3n) is 4.58. The van der Waals surface area contributed by atoms with Gasteiger partial charge in [-0.1, -0.05) is 33.1 Å². The smallest absolute Gasteiger partial charge is 0.137 e. The maximum atomic E-state index is 12.0. The summed E-state index contributed by atoms with van der Waals surface area (Å²) in [5.74, 6) is 1.59. The summed E-state index contributed by atoms with van der Waals surface area (Å²) in [6.07, 6.45) is 9.85. The van der Waals surface area contributed by atoms with Gasteiger partial charge in [-0.3, -0.25) is 9.69 Å². The zero-order chi connectivity index (χ0) is 13.0. The summed E-state index contributed by atoms with van der Waals surface area (Å²) in [4.78, 5) is 14.6. The molecule has 2 aliphatic rings. The molecule has 2 rings (SSSR count). The van der Waals surface area contributed by atoms with E-state index in [1.165, 1.54) is 38.6 Å². The van der Waals surface area contributed by atoms with Crippen LogP contribution in [-0.2, 0) is 4.79 Å². The van der Waals surface area contributed by atoms with Crippen LogP contribution in [0.3, 0.4) is 0 Å². The molecule has 2 aliphatic carbocycles. The van der Waals surface area contributed by atoms with Crippen LogP contribution in [0.25, 0.3) is 0 Å². The summed E-state index contributed by atoms with van der Waals surface area (Å²) in [5, 5.41) is 0. The van der Waals surface area contributed by atoms with Crippen LogP contribution >= 0.6 is 0 Å². The van der Waals surface area contributed by atoms with Gasteiger partial charge in [0.15, 0.2) is 0 Å². The minimum atomic E-state index is 0.345. The van der Waals surface area contributed by atoms with E-state index in [-0.39, 0.29) is 0 Å². The van der Waals surface area contributed by atoms with Gasteiger partial charge in [-0.25, -0.2) is 0 Å². The third kappa shape index (κ3) is 3.81. The molecule has 0 aromatic carbocycles. The standard InChI is InChI=1S/C16H29NO/c1-13(2)11-17(15-8-4-5-9-15)12-14-7-3-6-10-16(14)18/h13-15H,3-12H2,1-2H3.